The van der Waals surface area contributed by atoms with E-state index in [9.17, 15) is 9.18 Å². The highest BCUT2D eigenvalue weighted by Crippen LogP contribution is 2.24. The summed E-state index contributed by atoms with van der Waals surface area (Å²) >= 11 is 0. The molecule has 1 fully saturated rings. The van der Waals surface area contributed by atoms with E-state index < -0.39 is 6.10 Å². The molecule has 0 amide bonds. The summed E-state index contributed by atoms with van der Waals surface area (Å²) in [6, 6.07) is 5.76. The van der Waals surface area contributed by atoms with Crippen LogP contribution in [0.4, 0.5) is 4.39 Å². The van der Waals surface area contributed by atoms with Crippen LogP contribution in [0.5, 0.6) is 0 Å². The van der Waals surface area contributed by atoms with Gasteiger partial charge in [0.1, 0.15) is 17.5 Å². The molecule has 0 spiro atoms. The van der Waals surface area contributed by atoms with Crippen LogP contribution >= 0.6 is 0 Å². The molecule has 0 aliphatic carbocycles. The summed E-state index contributed by atoms with van der Waals surface area (Å²) in [5.74, 6) is -0.244. The molecule has 0 saturated carbocycles. The number of rotatable bonds is 2. The molecule has 1 aliphatic rings. The van der Waals surface area contributed by atoms with Crippen LogP contribution in [0, 0.1) is 5.82 Å². The molecule has 88 valence electrons. The molecule has 1 aromatic heterocycles. The minimum atomic E-state index is -0.402. The van der Waals surface area contributed by atoms with Gasteiger partial charge in [-0.25, -0.2) is 4.39 Å². The first kappa shape index (κ1) is 10.5. The molecule has 2 aromatic rings. The van der Waals surface area contributed by atoms with E-state index in [1.807, 2.05) is 0 Å². The fraction of sp³-hybridized carbons (Fsp3) is 0.308. The number of fused-ring (bicyclic) bond motifs is 1. The van der Waals surface area contributed by atoms with E-state index in [0.29, 0.717) is 17.6 Å². The van der Waals surface area contributed by atoms with Crippen molar-refractivity contribution in [2.45, 2.75) is 18.9 Å². The molecule has 4 heteroatoms. The molecule has 1 aliphatic heterocycles. The fourth-order valence-corrected chi connectivity index (χ4v) is 2.08. The first-order valence-corrected chi connectivity index (χ1v) is 5.59. The Labute approximate surface area is 97.2 Å². The Balaban J connectivity index is 1.97. The van der Waals surface area contributed by atoms with E-state index in [0.717, 1.165) is 12.8 Å². The van der Waals surface area contributed by atoms with Crippen LogP contribution in [0.3, 0.4) is 0 Å². The largest absolute Gasteiger partial charge is 0.453 e. The molecular formula is C13H11FO3. The number of carbonyl (C=O) groups excluding carboxylic acids is 1. The molecule has 1 saturated heterocycles. The highest BCUT2D eigenvalue weighted by molar-refractivity contribution is 6.00. The van der Waals surface area contributed by atoms with Gasteiger partial charge in [0.25, 0.3) is 0 Å². The van der Waals surface area contributed by atoms with Gasteiger partial charge in [0, 0.05) is 12.0 Å². The second-order valence-electron chi connectivity index (χ2n) is 4.16. The number of furan rings is 1. The number of benzene rings is 1. The summed E-state index contributed by atoms with van der Waals surface area (Å²) in [7, 11) is 0. The molecule has 1 aromatic carbocycles. The maximum atomic E-state index is 13.0. The zero-order chi connectivity index (χ0) is 11.8. The lowest BCUT2D eigenvalue weighted by atomic mass is 10.1. The first-order valence-electron chi connectivity index (χ1n) is 5.59. The van der Waals surface area contributed by atoms with Crippen LogP contribution in [0.1, 0.15) is 23.4 Å². The fourth-order valence-electron chi connectivity index (χ4n) is 2.08. The number of hydrogen-bond acceptors (Lipinski definition) is 3. The van der Waals surface area contributed by atoms with Gasteiger partial charge in [-0.2, -0.15) is 0 Å². The Morgan fingerprint density at radius 2 is 2.24 bits per heavy atom. The van der Waals surface area contributed by atoms with Crippen LogP contribution in [0.2, 0.25) is 0 Å². The quantitative estimate of drug-likeness (QED) is 0.750. The summed E-state index contributed by atoms with van der Waals surface area (Å²) < 4.78 is 23.7. The van der Waals surface area contributed by atoms with E-state index in [1.165, 1.54) is 18.2 Å². The van der Waals surface area contributed by atoms with Gasteiger partial charge in [0.15, 0.2) is 5.76 Å². The zero-order valence-corrected chi connectivity index (χ0v) is 9.11. The van der Waals surface area contributed by atoms with Gasteiger partial charge in [0.2, 0.25) is 5.78 Å². The Kier molecular flexibility index (Phi) is 2.44. The average Bonchev–Trinajstić information content (AvgIpc) is 2.96. The predicted molar refractivity (Wildman–Crippen MR) is 59.5 cm³/mol. The molecule has 17 heavy (non-hydrogen) atoms. The SMILES string of the molecule is O=C(c1cc2cc(F)ccc2o1)C1CCCO1. The van der Waals surface area contributed by atoms with Gasteiger partial charge in [-0.3, -0.25) is 4.79 Å². The van der Waals surface area contributed by atoms with E-state index in [2.05, 4.69) is 0 Å². The van der Waals surface area contributed by atoms with E-state index in [-0.39, 0.29) is 17.4 Å². The van der Waals surface area contributed by atoms with Crippen LogP contribution in [0.25, 0.3) is 11.0 Å². The van der Waals surface area contributed by atoms with E-state index >= 15 is 0 Å². The van der Waals surface area contributed by atoms with Crippen molar-refractivity contribution in [3.05, 3.63) is 35.8 Å². The van der Waals surface area contributed by atoms with Crippen molar-refractivity contribution in [3.8, 4) is 0 Å². The van der Waals surface area contributed by atoms with Gasteiger partial charge in [-0.05, 0) is 37.1 Å². The number of carbonyl (C=O) groups is 1. The molecule has 1 atom stereocenters. The van der Waals surface area contributed by atoms with Crippen molar-refractivity contribution in [1.82, 2.24) is 0 Å². The van der Waals surface area contributed by atoms with Crippen LogP contribution in [0.15, 0.2) is 28.7 Å². The Morgan fingerprint density at radius 3 is 3.00 bits per heavy atom. The van der Waals surface area contributed by atoms with Crippen molar-refractivity contribution in [2.75, 3.05) is 6.61 Å². The third kappa shape index (κ3) is 1.85. The minimum absolute atomic E-state index is 0.154. The summed E-state index contributed by atoms with van der Waals surface area (Å²) in [6.45, 7) is 0.616. The third-order valence-corrected chi connectivity index (χ3v) is 2.94. The number of ketones is 1. The third-order valence-electron chi connectivity index (χ3n) is 2.94. The van der Waals surface area contributed by atoms with Crippen LogP contribution in [-0.2, 0) is 4.74 Å². The lowest BCUT2D eigenvalue weighted by Crippen LogP contribution is -2.18. The Bertz CT molecular complexity index is 567. The minimum Gasteiger partial charge on any atom is -0.453 e. The normalized spacial score (nSPS) is 19.9. The second kappa shape index (κ2) is 3.96. The van der Waals surface area contributed by atoms with Crippen LogP contribution < -0.4 is 0 Å². The lowest BCUT2D eigenvalue weighted by molar-refractivity contribution is 0.0617. The maximum Gasteiger partial charge on any atom is 0.226 e. The zero-order valence-electron chi connectivity index (χ0n) is 9.11. The van der Waals surface area contributed by atoms with Crippen molar-refractivity contribution in [1.29, 1.82) is 0 Å². The van der Waals surface area contributed by atoms with Gasteiger partial charge >= 0.3 is 0 Å². The maximum absolute atomic E-state index is 13.0. The molecule has 3 rings (SSSR count). The first-order chi connectivity index (χ1) is 8.24. The molecule has 3 nitrogen and oxygen atoms in total. The summed E-state index contributed by atoms with van der Waals surface area (Å²) in [6.07, 6.45) is 1.22. The molecule has 2 heterocycles. The van der Waals surface area contributed by atoms with Gasteiger partial charge in [0.05, 0.1) is 0 Å². The summed E-state index contributed by atoms with van der Waals surface area (Å²) in [4.78, 5) is 12.0. The Morgan fingerprint density at radius 1 is 1.35 bits per heavy atom. The monoisotopic (exact) mass is 234 g/mol. The highest BCUT2D eigenvalue weighted by atomic mass is 19.1. The number of halogens is 1. The van der Waals surface area contributed by atoms with Crippen molar-refractivity contribution < 1.29 is 18.3 Å². The molecule has 0 bridgehead atoms. The number of hydrogen-bond donors (Lipinski definition) is 0. The second-order valence-corrected chi connectivity index (χ2v) is 4.16. The van der Waals surface area contributed by atoms with E-state index in [1.54, 1.807) is 6.07 Å². The molecule has 1 unspecified atom stereocenters. The summed E-state index contributed by atoms with van der Waals surface area (Å²) in [5.41, 5.74) is 0.521. The van der Waals surface area contributed by atoms with Crippen LogP contribution in [-0.4, -0.2) is 18.5 Å². The molecule has 0 radical (unpaired) electrons. The summed E-state index contributed by atoms with van der Waals surface area (Å²) in [5, 5.41) is 0.603. The van der Waals surface area contributed by atoms with E-state index in [4.69, 9.17) is 9.15 Å². The molecular weight excluding hydrogens is 223 g/mol. The van der Waals surface area contributed by atoms with Gasteiger partial charge < -0.3 is 9.15 Å². The topological polar surface area (TPSA) is 39.4 Å². The Hall–Kier alpha value is -1.68. The lowest BCUT2D eigenvalue weighted by Gasteiger charge is -2.04. The number of Topliss-reactive ketones (excluding diaryl/α,β-unsaturated/α-hetero) is 1. The highest BCUT2D eigenvalue weighted by Gasteiger charge is 2.27. The van der Waals surface area contributed by atoms with Gasteiger partial charge in [-0.15, -0.1) is 0 Å². The van der Waals surface area contributed by atoms with Crippen molar-refractivity contribution in [3.63, 3.8) is 0 Å². The number of ether oxygens (including phenoxy) is 1. The van der Waals surface area contributed by atoms with Crippen molar-refractivity contribution >= 4 is 16.8 Å². The predicted octanol–water partition coefficient (Wildman–Crippen LogP) is 2.93. The molecule has 0 N–H and O–H groups in total. The average molecular weight is 234 g/mol. The van der Waals surface area contributed by atoms with Gasteiger partial charge in [-0.1, -0.05) is 0 Å². The van der Waals surface area contributed by atoms with Crippen molar-refractivity contribution in [2.24, 2.45) is 0 Å². The smallest absolute Gasteiger partial charge is 0.226 e. The standard InChI is InChI=1S/C13H11FO3/c14-9-3-4-10-8(6-9)7-12(17-10)13(15)11-2-1-5-16-11/h3-4,6-7,11H,1-2,5H2.